The third-order valence-corrected chi connectivity index (χ3v) is 8.98. The number of nitrogens with two attached hydrogens (primary N) is 1. The highest BCUT2D eigenvalue weighted by Crippen LogP contribution is 2.29. The van der Waals surface area contributed by atoms with Crippen LogP contribution >= 0.6 is 0 Å². The number of anilines is 1. The number of nitrogens with one attached hydrogen (secondary N) is 2. The molecule has 0 spiro atoms. The lowest BCUT2D eigenvalue weighted by Gasteiger charge is -2.14. The van der Waals surface area contributed by atoms with Gasteiger partial charge >= 0.3 is 6.03 Å². The first-order valence-corrected chi connectivity index (χ1v) is 14.3. The van der Waals surface area contributed by atoms with Crippen LogP contribution in [0.4, 0.5) is 10.5 Å². The van der Waals surface area contributed by atoms with E-state index in [0.29, 0.717) is 26.7 Å². The van der Waals surface area contributed by atoms with Crippen molar-refractivity contribution in [1.82, 2.24) is 18.7 Å². The van der Waals surface area contributed by atoms with Crippen molar-refractivity contribution in [3.05, 3.63) is 65.5 Å². The molecule has 2 amide bonds. The van der Waals surface area contributed by atoms with E-state index in [2.05, 4.69) is 20.0 Å². The average molecular weight is 575 g/mol. The van der Waals surface area contributed by atoms with Crippen molar-refractivity contribution >= 4 is 42.8 Å². The Morgan fingerprint density at radius 3 is 2.33 bits per heavy atom. The van der Waals surface area contributed by atoms with Gasteiger partial charge < -0.3 is 20.5 Å². The molecule has 4 N–H and O–H groups in total. The third-order valence-electron chi connectivity index (χ3n) is 5.87. The van der Waals surface area contributed by atoms with Gasteiger partial charge in [0.2, 0.25) is 0 Å². The summed E-state index contributed by atoms with van der Waals surface area (Å²) in [5.41, 5.74) is 7.27. The number of benzene rings is 2. The van der Waals surface area contributed by atoms with Crippen LogP contribution in [-0.4, -0.2) is 51.0 Å². The van der Waals surface area contributed by atoms with Crippen LogP contribution in [0.5, 0.6) is 11.5 Å². The first-order chi connectivity index (χ1) is 18.4. The van der Waals surface area contributed by atoms with Crippen molar-refractivity contribution in [1.29, 1.82) is 0 Å². The normalized spacial score (nSPS) is 11.9. The number of carbonyl (C=O) groups excluding carboxylic acids is 1. The van der Waals surface area contributed by atoms with E-state index in [9.17, 15) is 21.6 Å². The molecule has 0 saturated carbocycles. The molecule has 0 unspecified atom stereocenters. The summed E-state index contributed by atoms with van der Waals surface area (Å²) in [6.07, 6.45) is 1.55. The number of carbonyl (C=O) groups is 1. The Hall–Kier alpha value is -4.21. The fourth-order valence-corrected chi connectivity index (χ4v) is 6.91. The Kier molecular flexibility index (Phi) is 7.50. The second-order valence-electron chi connectivity index (χ2n) is 8.40. The van der Waals surface area contributed by atoms with Gasteiger partial charge in [0.05, 0.1) is 42.4 Å². The zero-order valence-corrected chi connectivity index (χ0v) is 23.1. The lowest BCUT2D eigenvalue weighted by molar-refractivity contribution is 0.259. The Bertz CT molecular complexity index is 1780. The summed E-state index contributed by atoms with van der Waals surface area (Å²) in [6, 6.07) is 8.57. The first-order valence-electron chi connectivity index (χ1n) is 11.4. The Morgan fingerprint density at radius 2 is 1.72 bits per heavy atom. The number of rotatable bonds is 9. The fraction of sp³-hybridized carbons (Fsp3) is 0.208. The molecular formula is C24H26N6O7S2. The summed E-state index contributed by atoms with van der Waals surface area (Å²) in [5, 5.41) is 1.59. The predicted octanol–water partition coefficient (Wildman–Crippen LogP) is 2.27. The van der Waals surface area contributed by atoms with Gasteiger partial charge in [-0.25, -0.2) is 35.3 Å². The van der Waals surface area contributed by atoms with Crippen LogP contribution in [-0.2, 0) is 26.6 Å². The van der Waals surface area contributed by atoms with Crippen LogP contribution in [0.25, 0.3) is 11.0 Å². The van der Waals surface area contributed by atoms with Crippen molar-refractivity contribution in [2.75, 3.05) is 19.5 Å². The summed E-state index contributed by atoms with van der Waals surface area (Å²) in [6.45, 7) is 3.31. The van der Waals surface area contributed by atoms with Crippen molar-refractivity contribution in [3.8, 4) is 11.5 Å². The first kappa shape index (κ1) is 27.8. The van der Waals surface area contributed by atoms with Gasteiger partial charge in [0.15, 0.2) is 0 Å². The van der Waals surface area contributed by atoms with Crippen LogP contribution in [0.2, 0.25) is 0 Å². The highest BCUT2D eigenvalue weighted by atomic mass is 32.2. The molecular weight excluding hydrogens is 548 g/mol. The number of urea groups is 1. The average Bonchev–Trinajstić information content (AvgIpc) is 3.29. The van der Waals surface area contributed by atoms with Crippen molar-refractivity contribution in [3.63, 3.8) is 0 Å². The van der Waals surface area contributed by atoms with E-state index in [4.69, 9.17) is 15.2 Å². The molecule has 0 aliphatic rings. The number of hydrogen-bond acceptors (Lipinski definition) is 9. The lowest BCUT2D eigenvalue weighted by atomic mass is 10.1. The largest absolute Gasteiger partial charge is 0.497 e. The molecule has 0 aliphatic heterocycles. The number of sulfonamides is 1. The molecule has 2 heterocycles. The highest BCUT2D eigenvalue weighted by Gasteiger charge is 2.32. The maximum Gasteiger partial charge on any atom is 0.316 e. The van der Waals surface area contributed by atoms with Crippen LogP contribution in [0.3, 0.4) is 0 Å². The van der Waals surface area contributed by atoms with E-state index in [1.807, 2.05) is 6.92 Å². The maximum atomic E-state index is 13.8. The minimum absolute atomic E-state index is 0.0156. The second kappa shape index (κ2) is 10.5. The molecule has 2 aromatic heterocycles. The summed E-state index contributed by atoms with van der Waals surface area (Å²) in [7, 11) is -6.08. The highest BCUT2D eigenvalue weighted by molar-refractivity contribution is 7.92. The van der Waals surface area contributed by atoms with E-state index in [1.54, 1.807) is 13.1 Å². The van der Waals surface area contributed by atoms with E-state index in [-0.39, 0.29) is 28.2 Å². The standard InChI is InChI=1S/C24H26N6O7S2/c1-14-12-26-20(15(2)22(14)37-4)13-27-38(32,33)24-29-19-11-17(36-3)7-10-21(19)30(24)39(34,35)18-8-5-16(6-9-18)28-23(25)31/h5-12,27H,13H2,1-4H3,(H3,25,28,31). The third kappa shape index (κ3) is 5.36. The summed E-state index contributed by atoms with van der Waals surface area (Å²) < 4.78 is 68.2. The Balaban J connectivity index is 1.82. The molecule has 0 atom stereocenters. The van der Waals surface area contributed by atoms with E-state index in [1.165, 1.54) is 56.7 Å². The summed E-state index contributed by atoms with van der Waals surface area (Å²) in [5.74, 6) is 0.922. The molecule has 2 aromatic carbocycles. The van der Waals surface area contributed by atoms with E-state index < -0.39 is 31.2 Å². The molecule has 0 aliphatic carbocycles. The Labute approximate surface area is 225 Å². The number of ether oxygens (including phenoxy) is 2. The molecule has 0 bridgehead atoms. The van der Waals surface area contributed by atoms with Gasteiger partial charge in [-0.3, -0.25) is 4.98 Å². The van der Waals surface area contributed by atoms with Gasteiger partial charge in [-0.1, -0.05) is 0 Å². The van der Waals surface area contributed by atoms with Crippen molar-refractivity contribution in [2.45, 2.75) is 30.4 Å². The minimum Gasteiger partial charge on any atom is -0.497 e. The minimum atomic E-state index is -4.50. The molecule has 39 heavy (non-hydrogen) atoms. The monoisotopic (exact) mass is 574 g/mol. The van der Waals surface area contributed by atoms with Crippen LogP contribution in [0.1, 0.15) is 16.8 Å². The second-order valence-corrected chi connectivity index (χ2v) is 11.9. The number of aromatic nitrogens is 3. The van der Waals surface area contributed by atoms with Gasteiger partial charge in [0, 0.05) is 29.1 Å². The van der Waals surface area contributed by atoms with Gasteiger partial charge in [0.1, 0.15) is 11.5 Å². The number of fused-ring (bicyclic) bond motifs is 1. The molecule has 4 rings (SSSR count). The van der Waals surface area contributed by atoms with Crippen molar-refractivity contribution in [2.24, 2.45) is 5.73 Å². The molecule has 13 nitrogen and oxygen atoms in total. The SMILES string of the molecule is COc1ccc2c(c1)nc(S(=O)(=O)NCc1ncc(C)c(OC)c1C)n2S(=O)(=O)c1ccc(NC(N)=O)cc1. The Morgan fingerprint density at radius 1 is 1.03 bits per heavy atom. The molecule has 0 radical (unpaired) electrons. The molecule has 0 fully saturated rings. The number of amides is 2. The summed E-state index contributed by atoms with van der Waals surface area (Å²) >= 11 is 0. The lowest BCUT2D eigenvalue weighted by Crippen LogP contribution is -2.29. The van der Waals surface area contributed by atoms with Gasteiger partial charge in [-0.15, -0.1) is 0 Å². The quantitative estimate of drug-likeness (QED) is 0.270. The zero-order valence-electron chi connectivity index (χ0n) is 21.4. The van der Waals surface area contributed by atoms with Crippen LogP contribution in [0, 0.1) is 13.8 Å². The predicted molar refractivity (Wildman–Crippen MR) is 143 cm³/mol. The summed E-state index contributed by atoms with van der Waals surface area (Å²) in [4.78, 5) is 19.3. The number of methoxy groups -OCH3 is 2. The number of nitrogens with zero attached hydrogens (tertiary/aromatic N) is 3. The molecule has 4 aromatic rings. The van der Waals surface area contributed by atoms with Gasteiger partial charge in [-0.2, -0.15) is 0 Å². The number of pyridine rings is 1. The van der Waals surface area contributed by atoms with Crippen molar-refractivity contribution < 1.29 is 31.1 Å². The number of hydrogen-bond donors (Lipinski definition) is 3. The zero-order chi connectivity index (χ0) is 28.5. The number of aryl methyl sites for hydroxylation is 1. The van der Waals surface area contributed by atoms with Crippen LogP contribution < -0.4 is 25.2 Å². The molecule has 0 saturated heterocycles. The van der Waals surface area contributed by atoms with Gasteiger partial charge in [-0.05, 0) is 50.2 Å². The number of imidazole rings is 1. The van der Waals surface area contributed by atoms with Crippen LogP contribution in [0.15, 0.2) is 58.7 Å². The fourth-order valence-electron chi connectivity index (χ4n) is 3.98. The van der Waals surface area contributed by atoms with E-state index in [0.717, 1.165) is 5.56 Å². The smallest absolute Gasteiger partial charge is 0.316 e. The molecule has 15 heteroatoms. The van der Waals surface area contributed by atoms with Gasteiger partial charge in [0.25, 0.3) is 25.2 Å². The van der Waals surface area contributed by atoms with E-state index >= 15 is 0 Å². The topological polar surface area (TPSA) is 185 Å². The molecule has 206 valence electrons. The number of primary amides is 1. The maximum absolute atomic E-state index is 13.8.